The smallest absolute Gasteiger partial charge is 0.222 e. The molecule has 14 heavy (non-hydrogen) atoms. The Hall–Kier alpha value is -1.00. The van der Waals surface area contributed by atoms with E-state index >= 15 is 0 Å². The van der Waals surface area contributed by atoms with Crippen molar-refractivity contribution in [3.63, 3.8) is 0 Å². The van der Waals surface area contributed by atoms with Crippen LogP contribution in [-0.2, 0) is 0 Å². The summed E-state index contributed by atoms with van der Waals surface area (Å²) >= 11 is 9.41. The molecule has 0 aliphatic heterocycles. The highest BCUT2D eigenvalue weighted by atomic mass is 79.9. The predicted octanol–water partition coefficient (Wildman–Crippen LogP) is 3.34. The van der Waals surface area contributed by atoms with E-state index in [1.54, 1.807) is 12.1 Å². The van der Waals surface area contributed by atoms with Gasteiger partial charge in [0.05, 0.1) is 5.02 Å². The summed E-state index contributed by atoms with van der Waals surface area (Å²) in [6, 6.07) is 7.14. The molecule has 5 heteroatoms. The Morgan fingerprint density at radius 3 is 2.79 bits per heavy atom. The summed E-state index contributed by atoms with van der Waals surface area (Å²) in [6.45, 7) is 0. The first-order valence-electron chi connectivity index (χ1n) is 3.85. The van der Waals surface area contributed by atoms with Gasteiger partial charge in [0, 0.05) is 16.1 Å². The molecule has 0 unspecified atom stereocenters. The van der Waals surface area contributed by atoms with Crippen molar-refractivity contribution in [3.8, 4) is 11.3 Å². The summed E-state index contributed by atoms with van der Waals surface area (Å²) < 4.78 is 5.64. The zero-order valence-electron chi connectivity index (χ0n) is 7.00. The first kappa shape index (κ1) is 9.55. The minimum atomic E-state index is 0.270. The molecule has 2 aromatic rings. The van der Waals surface area contributed by atoms with Gasteiger partial charge in [0.2, 0.25) is 5.88 Å². The average molecular weight is 274 g/mol. The van der Waals surface area contributed by atoms with Crippen LogP contribution in [0.3, 0.4) is 0 Å². The van der Waals surface area contributed by atoms with Crippen LogP contribution in [0.1, 0.15) is 0 Å². The number of aromatic nitrogens is 1. The number of nitrogen functional groups attached to an aromatic ring is 1. The monoisotopic (exact) mass is 272 g/mol. The topological polar surface area (TPSA) is 52.0 Å². The molecule has 1 aromatic carbocycles. The second kappa shape index (κ2) is 3.63. The normalized spacial score (nSPS) is 10.4. The fraction of sp³-hybridized carbons (Fsp3) is 0. The summed E-state index contributed by atoms with van der Waals surface area (Å²) in [4.78, 5) is 0. The number of nitrogens with two attached hydrogens (primary N) is 1. The highest BCUT2D eigenvalue weighted by molar-refractivity contribution is 9.10. The molecule has 0 bridgehead atoms. The second-order valence-corrected chi connectivity index (χ2v) is 3.97. The number of hydrogen-bond acceptors (Lipinski definition) is 3. The molecule has 0 saturated heterocycles. The van der Waals surface area contributed by atoms with E-state index in [9.17, 15) is 0 Å². The Labute approximate surface area is 94.0 Å². The van der Waals surface area contributed by atoms with Crippen molar-refractivity contribution < 1.29 is 4.52 Å². The molecule has 2 N–H and O–H groups in total. The lowest BCUT2D eigenvalue weighted by molar-refractivity contribution is 0.439. The van der Waals surface area contributed by atoms with E-state index in [1.807, 2.05) is 12.1 Å². The average Bonchev–Trinajstić information content (AvgIpc) is 2.51. The van der Waals surface area contributed by atoms with Crippen LogP contribution in [0.2, 0.25) is 5.02 Å². The van der Waals surface area contributed by atoms with Crippen LogP contribution in [-0.4, -0.2) is 5.16 Å². The van der Waals surface area contributed by atoms with Crippen LogP contribution in [0.4, 0.5) is 5.88 Å². The third-order valence-corrected chi connectivity index (χ3v) is 2.72. The van der Waals surface area contributed by atoms with Gasteiger partial charge in [0.15, 0.2) is 0 Å². The van der Waals surface area contributed by atoms with Crippen molar-refractivity contribution in [1.29, 1.82) is 0 Å². The first-order valence-corrected chi connectivity index (χ1v) is 5.02. The molecule has 3 nitrogen and oxygen atoms in total. The zero-order valence-corrected chi connectivity index (χ0v) is 9.34. The molecule has 1 aromatic heterocycles. The molecule has 0 aliphatic carbocycles. The van der Waals surface area contributed by atoms with Crippen molar-refractivity contribution in [2.45, 2.75) is 0 Å². The fourth-order valence-electron chi connectivity index (χ4n) is 1.15. The van der Waals surface area contributed by atoms with Crippen LogP contribution in [0.25, 0.3) is 11.3 Å². The largest absolute Gasteiger partial charge is 0.368 e. The van der Waals surface area contributed by atoms with Gasteiger partial charge in [0.1, 0.15) is 5.69 Å². The summed E-state index contributed by atoms with van der Waals surface area (Å²) in [5.41, 5.74) is 6.84. The fourth-order valence-corrected chi connectivity index (χ4v) is 2.10. The quantitative estimate of drug-likeness (QED) is 0.867. The molecular weight excluding hydrogens is 267 g/mol. The zero-order chi connectivity index (χ0) is 10.1. The van der Waals surface area contributed by atoms with Crippen LogP contribution in [0.5, 0.6) is 0 Å². The third-order valence-electron chi connectivity index (χ3n) is 1.75. The molecule has 0 amide bonds. The van der Waals surface area contributed by atoms with E-state index in [0.29, 0.717) is 10.7 Å². The van der Waals surface area contributed by atoms with E-state index in [-0.39, 0.29) is 5.88 Å². The number of nitrogens with zero attached hydrogens (tertiary/aromatic N) is 1. The lowest BCUT2D eigenvalue weighted by Crippen LogP contribution is -1.81. The molecule has 0 fully saturated rings. The highest BCUT2D eigenvalue weighted by Crippen LogP contribution is 2.34. The van der Waals surface area contributed by atoms with E-state index in [4.69, 9.17) is 21.9 Å². The Morgan fingerprint density at radius 2 is 2.21 bits per heavy atom. The standard InChI is InChI=1S/C9H6BrClN2O/c10-5-2-1-3-6(11)9(5)7-4-8(12)14-13-7/h1-4H,12H2. The molecule has 0 atom stereocenters. The molecule has 0 radical (unpaired) electrons. The van der Waals surface area contributed by atoms with Gasteiger partial charge in [-0.25, -0.2) is 0 Å². The van der Waals surface area contributed by atoms with Gasteiger partial charge in [0.25, 0.3) is 0 Å². The van der Waals surface area contributed by atoms with Crippen molar-refractivity contribution in [2.75, 3.05) is 5.73 Å². The maximum atomic E-state index is 6.02. The van der Waals surface area contributed by atoms with E-state index < -0.39 is 0 Å². The van der Waals surface area contributed by atoms with Gasteiger partial charge >= 0.3 is 0 Å². The lowest BCUT2D eigenvalue weighted by Gasteiger charge is -2.01. The minimum absolute atomic E-state index is 0.270. The van der Waals surface area contributed by atoms with E-state index in [2.05, 4.69) is 21.1 Å². The van der Waals surface area contributed by atoms with Crippen LogP contribution >= 0.6 is 27.5 Å². The van der Waals surface area contributed by atoms with Gasteiger partial charge in [-0.1, -0.05) is 38.8 Å². The Bertz CT molecular complexity index is 449. The summed E-state index contributed by atoms with van der Waals surface area (Å²) in [5, 5.41) is 4.40. The lowest BCUT2D eigenvalue weighted by atomic mass is 10.1. The first-order chi connectivity index (χ1) is 6.68. The summed E-state index contributed by atoms with van der Waals surface area (Å²) in [6.07, 6.45) is 0. The van der Waals surface area contributed by atoms with Gasteiger partial charge in [-0.2, -0.15) is 0 Å². The van der Waals surface area contributed by atoms with Gasteiger partial charge in [-0.15, -0.1) is 0 Å². The number of halogens is 2. The maximum Gasteiger partial charge on any atom is 0.222 e. The molecule has 2 rings (SSSR count). The van der Waals surface area contributed by atoms with Gasteiger partial charge in [-0.05, 0) is 12.1 Å². The highest BCUT2D eigenvalue weighted by Gasteiger charge is 2.11. The van der Waals surface area contributed by atoms with Crippen molar-refractivity contribution in [1.82, 2.24) is 5.16 Å². The Balaban J connectivity index is 2.61. The van der Waals surface area contributed by atoms with Crippen molar-refractivity contribution >= 4 is 33.4 Å². The number of benzene rings is 1. The molecule has 0 saturated carbocycles. The number of hydrogen-bond donors (Lipinski definition) is 1. The van der Waals surface area contributed by atoms with Crippen molar-refractivity contribution in [2.24, 2.45) is 0 Å². The predicted molar refractivity (Wildman–Crippen MR) is 59.1 cm³/mol. The summed E-state index contributed by atoms with van der Waals surface area (Å²) in [5.74, 6) is 0.270. The van der Waals surface area contributed by atoms with E-state index in [0.717, 1.165) is 10.0 Å². The third kappa shape index (κ3) is 1.63. The Kier molecular flexibility index (Phi) is 2.48. The Morgan fingerprint density at radius 1 is 1.43 bits per heavy atom. The second-order valence-electron chi connectivity index (χ2n) is 2.71. The van der Waals surface area contributed by atoms with E-state index in [1.165, 1.54) is 0 Å². The van der Waals surface area contributed by atoms with Crippen LogP contribution in [0, 0.1) is 0 Å². The molecule has 0 spiro atoms. The number of rotatable bonds is 1. The minimum Gasteiger partial charge on any atom is -0.368 e. The molecule has 72 valence electrons. The molecular formula is C9H6BrClN2O. The SMILES string of the molecule is Nc1cc(-c2c(Cl)cccc2Br)no1. The van der Waals surface area contributed by atoms with Crippen molar-refractivity contribution in [3.05, 3.63) is 33.8 Å². The van der Waals surface area contributed by atoms with Gasteiger partial charge in [-0.3, -0.25) is 0 Å². The van der Waals surface area contributed by atoms with Crippen LogP contribution in [0.15, 0.2) is 33.3 Å². The molecule has 0 aliphatic rings. The number of anilines is 1. The summed E-state index contributed by atoms with van der Waals surface area (Å²) in [7, 11) is 0. The van der Waals surface area contributed by atoms with Crippen LogP contribution < -0.4 is 5.73 Å². The molecule has 1 heterocycles. The maximum absolute atomic E-state index is 6.02. The van der Waals surface area contributed by atoms with Gasteiger partial charge < -0.3 is 10.3 Å².